The summed E-state index contributed by atoms with van der Waals surface area (Å²) in [6.45, 7) is 0. The number of aromatic nitrogens is 2. The molecule has 1 aliphatic carbocycles. The lowest BCUT2D eigenvalue weighted by Crippen LogP contribution is -2.08. The van der Waals surface area contributed by atoms with Crippen LogP contribution in [0, 0.1) is 11.3 Å². The van der Waals surface area contributed by atoms with E-state index >= 15 is 0 Å². The molecule has 22 heavy (non-hydrogen) atoms. The van der Waals surface area contributed by atoms with Crippen LogP contribution in [0.4, 0.5) is 13.2 Å². The van der Waals surface area contributed by atoms with Gasteiger partial charge in [0.05, 0.1) is 22.3 Å². The van der Waals surface area contributed by atoms with Crippen molar-refractivity contribution < 1.29 is 18.3 Å². The van der Waals surface area contributed by atoms with E-state index < -0.39 is 17.5 Å². The van der Waals surface area contributed by atoms with Crippen LogP contribution in [0.1, 0.15) is 35.6 Å². The summed E-state index contributed by atoms with van der Waals surface area (Å²) in [5.74, 6) is -0.773. The molecule has 1 fully saturated rings. The van der Waals surface area contributed by atoms with Crippen molar-refractivity contribution >= 4 is 11.6 Å². The summed E-state index contributed by atoms with van der Waals surface area (Å²) in [5, 5.41) is 23.3. The van der Waals surface area contributed by atoms with Crippen molar-refractivity contribution in [2.45, 2.75) is 24.9 Å². The van der Waals surface area contributed by atoms with Crippen LogP contribution in [-0.4, -0.2) is 14.9 Å². The lowest BCUT2D eigenvalue weighted by molar-refractivity contribution is -0.138. The molecular weight excluding hydrogens is 319 g/mol. The molecule has 1 saturated carbocycles. The molecule has 2 aromatic rings. The molecule has 3 rings (SSSR count). The molecule has 1 aliphatic rings. The zero-order chi connectivity index (χ0) is 16.1. The highest BCUT2D eigenvalue weighted by atomic mass is 35.5. The Kier molecular flexibility index (Phi) is 3.29. The molecule has 1 aromatic heterocycles. The number of nitrogens with zero attached hydrogens (tertiary/aromatic N) is 3. The third kappa shape index (κ3) is 2.50. The van der Waals surface area contributed by atoms with E-state index in [1.807, 2.05) is 0 Å². The minimum Gasteiger partial charge on any atom is -0.505 e. The minimum absolute atomic E-state index is 0.206. The van der Waals surface area contributed by atoms with E-state index in [4.69, 9.17) is 16.9 Å². The van der Waals surface area contributed by atoms with E-state index in [2.05, 4.69) is 5.10 Å². The Bertz CT molecular complexity index is 788. The summed E-state index contributed by atoms with van der Waals surface area (Å²) in [6, 6.07) is 3.39. The Balaban J connectivity index is 2.18. The van der Waals surface area contributed by atoms with Gasteiger partial charge in [0, 0.05) is 12.1 Å². The number of benzene rings is 1. The molecule has 0 amide bonds. The minimum atomic E-state index is -4.78. The Morgan fingerprint density at radius 2 is 2.05 bits per heavy atom. The number of hydrogen-bond donors (Lipinski definition) is 1. The zero-order valence-corrected chi connectivity index (χ0v) is 11.8. The topological polar surface area (TPSA) is 61.8 Å². The first-order chi connectivity index (χ1) is 10.3. The van der Waals surface area contributed by atoms with Gasteiger partial charge < -0.3 is 5.11 Å². The number of aromatic hydroxyl groups is 1. The highest BCUT2D eigenvalue weighted by molar-refractivity contribution is 6.31. The van der Waals surface area contributed by atoms with Crippen LogP contribution in [0.3, 0.4) is 0 Å². The van der Waals surface area contributed by atoms with E-state index in [-0.39, 0.29) is 17.2 Å². The summed E-state index contributed by atoms with van der Waals surface area (Å²) >= 11 is 6.03. The molecule has 1 heterocycles. The number of halogens is 4. The maximum atomic E-state index is 13.0. The van der Waals surface area contributed by atoms with Crippen LogP contribution < -0.4 is 0 Å². The van der Waals surface area contributed by atoms with Crippen molar-refractivity contribution in [2.75, 3.05) is 0 Å². The molecule has 8 heteroatoms. The molecule has 0 unspecified atom stereocenters. The van der Waals surface area contributed by atoms with Gasteiger partial charge in [0.15, 0.2) is 5.75 Å². The second-order valence-corrected chi connectivity index (χ2v) is 5.49. The smallest absolute Gasteiger partial charge is 0.420 e. The quantitative estimate of drug-likeness (QED) is 0.907. The van der Waals surface area contributed by atoms with Crippen molar-refractivity contribution in [3.8, 4) is 17.5 Å². The van der Waals surface area contributed by atoms with Gasteiger partial charge in [-0.1, -0.05) is 11.6 Å². The molecule has 0 bridgehead atoms. The molecule has 0 atom stereocenters. The van der Waals surface area contributed by atoms with Crippen LogP contribution in [0.2, 0.25) is 5.02 Å². The number of hydrogen-bond acceptors (Lipinski definition) is 3. The van der Waals surface area contributed by atoms with Gasteiger partial charge in [-0.15, -0.1) is 0 Å². The predicted molar refractivity (Wildman–Crippen MR) is 71.9 cm³/mol. The normalized spacial score (nSPS) is 14.9. The Labute approximate surface area is 128 Å². The lowest BCUT2D eigenvalue weighted by atomic mass is 10.1. The van der Waals surface area contributed by atoms with Crippen molar-refractivity contribution in [1.29, 1.82) is 5.26 Å². The number of alkyl halides is 3. The van der Waals surface area contributed by atoms with Gasteiger partial charge in [-0.2, -0.15) is 23.5 Å². The maximum Gasteiger partial charge on any atom is 0.420 e. The van der Waals surface area contributed by atoms with Gasteiger partial charge >= 0.3 is 6.18 Å². The number of nitriles is 1. The van der Waals surface area contributed by atoms with Gasteiger partial charge in [0.2, 0.25) is 0 Å². The first-order valence-electron chi connectivity index (χ1n) is 6.41. The first-order valence-corrected chi connectivity index (χ1v) is 6.79. The fourth-order valence-electron chi connectivity index (χ4n) is 2.20. The third-order valence-corrected chi connectivity index (χ3v) is 3.72. The maximum absolute atomic E-state index is 13.0. The Hall–Kier alpha value is -2.20. The predicted octanol–water partition coefficient (Wildman–Crippen LogP) is 4.00. The first kappa shape index (κ1) is 14.7. The highest BCUT2D eigenvalue weighted by Gasteiger charge is 2.36. The molecule has 0 aliphatic heterocycles. The molecule has 0 saturated heterocycles. The van der Waals surface area contributed by atoms with Crippen LogP contribution in [0.25, 0.3) is 5.69 Å². The van der Waals surface area contributed by atoms with Gasteiger partial charge in [-0.25, -0.2) is 4.68 Å². The molecule has 0 spiro atoms. The molecular formula is C14H9ClF3N3O. The van der Waals surface area contributed by atoms with Crippen LogP contribution in [0.15, 0.2) is 18.3 Å². The van der Waals surface area contributed by atoms with Crippen molar-refractivity contribution in [2.24, 2.45) is 0 Å². The van der Waals surface area contributed by atoms with Crippen molar-refractivity contribution in [3.05, 3.63) is 40.2 Å². The largest absolute Gasteiger partial charge is 0.505 e. The van der Waals surface area contributed by atoms with E-state index in [1.54, 1.807) is 6.07 Å². The zero-order valence-electron chi connectivity index (χ0n) is 11.0. The van der Waals surface area contributed by atoms with E-state index in [0.29, 0.717) is 16.8 Å². The molecule has 4 nitrogen and oxygen atoms in total. The summed E-state index contributed by atoms with van der Waals surface area (Å²) in [4.78, 5) is 0. The fourth-order valence-corrected chi connectivity index (χ4v) is 2.48. The average molecular weight is 328 g/mol. The van der Waals surface area contributed by atoms with Gasteiger partial charge in [0.25, 0.3) is 0 Å². The summed E-state index contributed by atoms with van der Waals surface area (Å²) in [6.07, 6.45) is -1.59. The van der Waals surface area contributed by atoms with Crippen molar-refractivity contribution in [3.63, 3.8) is 0 Å². The molecule has 1 aromatic carbocycles. The van der Waals surface area contributed by atoms with Crippen molar-refractivity contribution in [1.82, 2.24) is 9.78 Å². The molecule has 114 valence electrons. The summed E-state index contributed by atoms with van der Waals surface area (Å²) in [7, 11) is 0. The Morgan fingerprint density at radius 1 is 1.36 bits per heavy atom. The Morgan fingerprint density at radius 3 is 2.59 bits per heavy atom. The van der Waals surface area contributed by atoms with E-state index in [9.17, 15) is 18.3 Å². The van der Waals surface area contributed by atoms with Crippen LogP contribution >= 0.6 is 11.6 Å². The van der Waals surface area contributed by atoms with E-state index in [0.717, 1.165) is 23.6 Å². The average Bonchev–Trinajstić information content (AvgIpc) is 3.21. The second kappa shape index (κ2) is 4.92. The summed E-state index contributed by atoms with van der Waals surface area (Å²) in [5.41, 5.74) is -1.13. The van der Waals surface area contributed by atoms with E-state index in [1.165, 1.54) is 6.20 Å². The SMILES string of the molecule is N#Cc1cc(-n2cc(Cl)c(C3CC3)n2)c(O)c(C(F)(F)F)c1. The monoisotopic (exact) mass is 327 g/mol. The van der Waals surface area contributed by atoms with Crippen LogP contribution in [0.5, 0.6) is 5.75 Å². The van der Waals surface area contributed by atoms with Gasteiger partial charge in [0.1, 0.15) is 11.3 Å². The van der Waals surface area contributed by atoms with Crippen LogP contribution in [-0.2, 0) is 6.18 Å². The standard InChI is InChI=1S/C14H9ClF3N3O/c15-10-6-21(20-12(10)8-1-2-8)11-4-7(5-19)3-9(13(11)22)14(16,17)18/h3-4,6,8,22H,1-2H2. The fraction of sp³-hybridized carbons (Fsp3) is 0.286. The summed E-state index contributed by atoms with van der Waals surface area (Å²) < 4.78 is 40.0. The molecule has 1 N–H and O–H groups in total. The second-order valence-electron chi connectivity index (χ2n) is 5.08. The third-order valence-electron chi connectivity index (χ3n) is 3.43. The number of phenolic OH excluding ortho intramolecular Hbond substituents is 1. The van der Waals surface area contributed by atoms with Gasteiger partial charge in [-0.05, 0) is 25.0 Å². The number of rotatable bonds is 2. The van der Waals surface area contributed by atoms with Gasteiger partial charge in [-0.3, -0.25) is 0 Å². The molecule has 0 radical (unpaired) electrons. The number of phenols is 1. The lowest BCUT2D eigenvalue weighted by Gasteiger charge is -2.13. The highest BCUT2D eigenvalue weighted by Crippen LogP contribution is 2.44.